The number of nitrogens with one attached hydrogen (secondary N) is 5. The Hall–Kier alpha value is -5.01. The van der Waals surface area contributed by atoms with Gasteiger partial charge in [-0.25, -0.2) is 9.59 Å². The van der Waals surface area contributed by atoms with E-state index in [2.05, 4.69) is 62.2 Å². The molecule has 6 aromatic rings. The molecule has 0 fully saturated rings. The number of ether oxygens (including phenoxy) is 14. The van der Waals surface area contributed by atoms with Gasteiger partial charge in [-0.05, 0) is 139 Å². The number of amides is 2. The second kappa shape index (κ2) is 55.3. The highest BCUT2D eigenvalue weighted by Gasteiger charge is 2.17. The fraction of sp³-hybridized carbons (Fsp3) is 0.600. The summed E-state index contributed by atoms with van der Waals surface area (Å²) in [6.45, 7) is 23.0. The first-order valence-electron chi connectivity index (χ1n) is 30.3. The number of aromatic amines is 3. The van der Waals surface area contributed by atoms with Gasteiger partial charge in [-0.3, -0.25) is 0 Å². The summed E-state index contributed by atoms with van der Waals surface area (Å²) in [6.07, 6.45) is 7.27. The lowest BCUT2D eigenvalue weighted by molar-refractivity contribution is 0.0500. The van der Waals surface area contributed by atoms with Crippen molar-refractivity contribution in [2.24, 2.45) is 5.73 Å². The van der Waals surface area contributed by atoms with Gasteiger partial charge in [-0.1, -0.05) is 31.9 Å². The summed E-state index contributed by atoms with van der Waals surface area (Å²) in [4.78, 5) is 32.9. The van der Waals surface area contributed by atoms with Crippen molar-refractivity contribution in [2.45, 2.75) is 72.0 Å². The van der Waals surface area contributed by atoms with Gasteiger partial charge in [0.05, 0.1) is 106 Å². The van der Waals surface area contributed by atoms with E-state index in [4.69, 9.17) is 72.4 Å². The molecule has 3 heterocycles. The monoisotopic (exact) mass is 1450 g/mol. The van der Waals surface area contributed by atoms with Crippen LogP contribution >= 0.6 is 44.3 Å². The van der Waals surface area contributed by atoms with Gasteiger partial charge in [0.15, 0.2) is 0 Å². The highest BCUT2D eigenvalue weighted by Crippen LogP contribution is 2.26. The summed E-state index contributed by atoms with van der Waals surface area (Å²) >= 11 is 6.47. The number of benzene rings is 3. The van der Waals surface area contributed by atoms with E-state index in [9.17, 15) is 14.7 Å². The van der Waals surface area contributed by atoms with E-state index < -0.39 is 23.4 Å². The van der Waals surface area contributed by atoms with Crippen LogP contribution in [0.5, 0.6) is 17.2 Å². The number of aromatic hydroxyl groups is 1. The van der Waals surface area contributed by atoms with Crippen LogP contribution < -0.4 is 25.8 Å². The van der Waals surface area contributed by atoms with Crippen molar-refractivity contribution >= 4 is 89.2 Å². The number of alkyl carbamates (subject to hydrolysis) is 2. The minimum Gasteiger partial charge on any atom is -0.508 e. The first-order chi connectivity index (χ1) is 43.8. The number of H-pyrrole nitrogens is 3. The molecule has 24 nitrogen and oxygen atoms in total. The van der Waals surface area contributed by atoms with Gasteiger partial charge in [0.2, 0.25) is 0 Å². The maximum atomic E-state index is 11.7. The lowest BCUT2D eigenvalue weighted by atomic mass is 10.1. The third-order valence-electron chi connectivity index (χ3n) is 11.6. The standard InChI is InChI=1S/C20H30N2O5.C15H20N2O3.C15H22N2O3.2C5H11BrO2.C5H12O3.ClH/c1-20(2,3)27-19(23)21-8-7-15-14-22-18-6-5-16(13-17(15)18)26-12-11-25-10-9-24-4;1-15(2,3)20-14(19)16-7-6-10-9-17-13-5-4-11(18)8-12(10)13;1-18-6-7-19-8-9-20-13-2-3-15-14(10-13)12(4-5-16)11-17-15;3*1-7-4-5-8-3-2-6;/h5-6,13-14,22H,7-12H2,1-4H3,(H,21,23);4-5,8-9,17-18H,6-7H2,1-3H3,(H,16,19);2-3,10-11,17H,4-9,16H2,1H3;2*2-5H2,1H3;6H,2-5H2,1H3;1H. The largest absolute Gasteiger partial charge is 0.508 e. The number of phenols is 1. The lowest BCUT2D eigenvalue weighted by Crippen LogP contribution is -2.33. The first kappa shape index (κ1) is 87.0. The second-order valence-corrected chi connectivity index (χ2v) is 22.9. The summed E-state index contributed by atoms with van der Waals surface area (Å²) in [5.41, 5.74) is 11.1. The van der Waals surface area contributed by atoms with Gasteiger partial charge < -0.3 is 108 Å². The van der Waals surface area contributed by atoms with Gasteiger partial charge in [0, 0.05) is 111 Å². The van der Waals surface area contributed by atoms with Gasteiger partial charge in [0.1, 0.15) is 41.7 Å². The van der Waals surface area contributed by atoms with E-state index >= 15 is 0 Å². The predicted molar refractivity (Wildman–Crippen MR) is 372 cm³/mol. The Bertz CT molecular complexity index is 2700. The van der Waals surface area contributed by atoms with E-state index in [1.54, 1.807) is 47.7 Å². The van der Waals surface area contributed by atoms with Crippen LogP contribution in [0.1, 0.15) is 58.2 Å². The fourth-order valence-corrected chi connectivity index (χ4v) is 7.95. The van der Waals surface area contributed by atoms with Crippen molar-refractivity contribution < 1.29 is 86.1 Å². The third kappa shape index (κ3) is 43.8. The molecule has 2 amide bonds. The SMILES string of the molecule is CC(C)(C)OC(=O)NCCc1c[nH]c2ccc(O)cc12.COCCOCCBr.COCCOCCBr.COCCOCCO.COCCOCCOc1ccc2[nH]cc(CCN)c2c1.COCCOCCOc1ccc2[nH]cc(CCNC(=O)OC(C)(C)C)c2c1.Cl. The number of rotatable bonds is 37. The van der Waals surface area contributed by atoms with Crippen LogP contribution in [0, 0.1) is 0 Å². The molecule has 0 saturated carbocycles. The zero-order chi connectivity index (χ0) is 67.4. The molecule has 0 radical (unpaired) electrons. The Labute approximate surface area is 567 Å². The molecule has 92 heavy (non-hydrogen) atoms. The van der Waals surface area contributed by atoms with Crippen molar-refractivity contribution in [1.82, 2.24) is 25.6 Å². The summed E-state index contributed by atoms with van der Waals surface area (Å²) in [7, 11) is 8.24. The lowest BCUT2D eigenvalue weighted by Gasteiger charge is -2.19. The average molecular weight is 1460 g/mol. The van der Waals surface area contributed by atoms with E-state index in [0.29, 0.717) is 132 Å². The Morgan fingerprint density at radius 3 is 1.13 bits per heavy atom. The highest BCUT2D eigenvalue weighted by molar-refractivity contribution is 9.09. The smallest absolute Gasteiger partial charge is 0.407 e. The minimum atomic E-state index is -0.496. The van der Waals surface area contributed by atoms with Crippen LogP contribution in [0.2, 0.25) is 0 Å². The molecule has 0 unspecified atom stereocenters. The average Bonchev–Trinajstić information content (AvgIpc) is 1.70. The van der Waals surface area contributed by atoms with Gasteiger partial charge in [-0.2, -0.15) is 0 Å². The number of carbonyl (C=O) groups excluding carboxylic acids is 2. The molecular weight excluding hydrogens is 1350 g/mol. The van der Waals surface area contributed by atoms with Crippen LogP contribution in [-0.2, 0) is 76.1 Å². The van der Waals surface area contributed by atoms with E-state index in [1.165, 1.54) is 10.9 Å². The maximum Gasteiger partial charge on any atom is 0.407 e. The van der Waals surface area contributed by atoms with Crippen molar-refractivity contribution in [3.05, 3.63) is 89.9 Å². The normalized spacial score (nSPS) is 10.9. The summed E-state index contributed by atoms with van der Waals surface area (Å²) in [6, 6.07) is 17.1. The molecule has 3 aromatic heterocycles. The second-order valence-electron chi connectivity index (χ2n) is 21.3. The van der Waals surface area contributed by atoms with Gasteiger partial charge >= 0.3 is 12.2 Å². The van der Waals surface area contributed by atoms with Crippen molar-refractivity contribution in [3.63, 3.8) is 0 Å². The molecule has 0 aliphatic rings. The predicted octanol–water partition coefficient (Wildman–Crippen LogP) is 10.1. The summed E-state index contributed by atoms with van der Waals surface area (Å²) in [5, 5.41) is 28.2. The molecule has 0 bridgehead atoms. The number of methoxy groups -OCH3 is 5. The number of aliphatic hydroxyl groups excluding tert-OH is 1. The van der Waals surface area contributed by atoms with Gasteiger partial charge in [-0.15, -0.1) is 12.4 Å². The van der Waals surface area contributed by atoms with Crippen LogP contribution in [0.25, 0.3) is 32.7 Å². The molecule has 0 atom stereocenters. The topological polar surface area (TPSA) is 301 Å². The van der Waals surface area contributed by atoms with E-state index in [1.807, 2.05) is 103 Å². The van der Waals surface area contributed by atoms with Crippen LogP contribution in [0.3, 0.4) is 0 Å². The summed E-state index contributed by atoms with van der Waals surface area (Å²) in [5.74, 6) is 1.88. The van der Waals surface area contributed by atoms with Crippen LogP contribution in [0.15, 0.2) is 73.2 Å². The summed E-state index contributed by atoms with van der Waals surface area (Å²) < 4.78 is 71.6. The zero-order valence-electron chi connectivity index (χ0n) is 56.0. The number of nitrogens with two attached hydrogens (primary N) is 1. The number of carbonyl (C=O) groups is 2. The number of hydrogen-bond acceptors (Lipinski definition) is 19. The minimum absolute atomic E-state index is 0. The third-order valence-corrected chi connectivity index (χ3v) is 12.2. The number of halogens is 3. The molecule has 3 aromatic carbocycles. The Morgan fingerprint density at radius 1 is 0.467 bits per heavy atom. The molecule has 27 heteroatoms. The molecule has 0 aliphatic heterocycles. The molecule has 0 spiro atoms. The van der Waals surface area contributed by atoms with Crippen LogP contribution in [-0.4, -0.2) is 233 Å². The van der Waals surface area contributed by atoms with Crippen molar-refractivity contribution in [2.75, 3.05) is 185 Å². The van der Waals surface area contributed by atoms with Crippen molar-refractivity contribution in [3.8, 4) is 17.2 Å². The number of fused-ring (bicyclic) bond motifs is 3. The van der Waals surface area contributed by atoms with Crippen LogP contribution in [0.4, 0.5) is 9.59 Å². The quantitative estimate of drug-likeness (QED) is 0.0133. The maximum absolute atomic E-state index is 11.7. The number of alkyl halides is 2. The Morgan fingerprint density at radius 2 is 0.793 bits per heavy atom. The number of aliphatic hydroxyl groups is 1. The molecule has 0 saturated heterocycles. The van der Waals surface area contributed by atoms with Crippen molar-refractivity contribution in [1.29, 1.82) is 0 Å². The highest BCUT2D eigenvalue weighted by atomic mass is 79.9. The Balaban J connectivity index is 0.00000115. The molecular formula is C65H107Br2ClN6O18. The Kier molecular flexibility index (Phi) is 52.3. The molecule has 0 aliphatic carbocycles. The zero-order valence-corrected chi connectivity index (χ0v) is 60.0. The first-order valence-corrected chi connectivity index (χ1v) is 32.5. The number of hydrogen-bond donors (Lipinski definition) is 8. The molecule has 526 valence electrons. The fourth-order valence-electron chi connectivity index (χ4n) is 7.50. The van der Waals surface area contributed by atoms with E-state index in [0.717, 1.165) is 80.2 Å². The van der Waals surface area contributed by atoms with E-state index in [-0.39, 0.29) is 24.8 Å². The van der Waals surface area contributed by atoms with Gasteiger partial charge in [0.25, 0.3) is 0 Å². The number of aromatic nitrogens is 3. The molecule has 6 rings (SSSR count). The number of phenolic OH excluding ortho intramolecular Hbond substituents is 1. The molecule has 9 N–H and O–H groups in total.